The molecule has 4 heterocycles. The summed E-state index contributed by atoms with van der Waals surface area (Å²) in [7, 11) is 5.88. The van der Waals surface area contributed by atoms with Gasteiger partial charge in [-0.15, -0.1) is 11.8 Å². The fourth-order valence-electron chi connectivity index (χ4n) is 9.76. The maximum absolute atomic E-state index is 14.3. The number of allylic oxidation sites excluding steroid dienone is 3. The number of halogens is 1. The van der Waals surface area contributed by atoms with E-state index in [1.807, 2.05) is 13.0 Å². The maximum Gasteiger partial charge on any atom is 0.409 e. The van der Waals surface area contributed by atoms with Crippen LogP contribution in [0.15, 0.2) is 35.9 Å². The number of ether oxygens (including phenoxy) is 5. The van der Waals surface area contributed by atoms with Crippen LogP contribution >= 0.6 is 23.4 Å². The van der Waals surface area contributed by atoms with Crippen molar-refractivity contribution in [2.24, 2.45) is 17.8 Å². The van der Waals surface area contributed by atoms with Crippen LogP contribution in [-0.4, -0.2) is 149 Å². The van der Waals surface area contributed by atoms with E-state index in [9.17, 15) is 43.8 Å². The Kier molecular flexibility index (Phi) is 16.4. The number of likely N-dealkylation sites (N-methyl/N-ethyl adjacent to an activating group) is 1. The fraction of sp³-hybridized carbons (Fsp3) is 0.646. The number of methoxy groups -OCH3 is 2. The van der Waals surface area contributed by atoms with Crippen molar-refractivity contribution in [2.45, 2.75) is 139 Å². The fourth-order valence-corrected chi connectivity index (χ4v) is 11.3. The number of likely N-dealkylation sites (tertiary alicyclic amines) is 1. The maximum atomic E-state index is 14.3. The predicted molar refractivity (Wildman–Crippen MR) is 251 cm³/mol. The number of nitrogens with zero attached hydrogens (tertiary/aromatic N) is 3. The van der Waals surface area contributed by atoms with Crippen molar-refractivity contribution in [2.75, 3.05) is 45.5 Å². The van der Waals surface area contributed by atoms with Gasteiger partial charge in [0.15, 0.2) is 5.72 Å². The number of esters is 1. The summed E-state index contributed by atoms with van der Waals surface area (Å²) in [5.41, 5.74) is -1.17. The number of anilines is 1. The van der Waals surface area contributed by atoms with E-state index in [0.717, 1.165) is 11.1 Å². The molecule has 4 fully saturated rings. The monoisotopic (exact) mass is 988 g/mol. The lowest BCUT2D eigenvalue weighted by molar-refractivity contribution is -0.162. The minimum absolute atomic E-state index is 0.0297. The zero-order valence-electron chi connectivity index (χ0n) is 40.2. The Balaban J connectivity index is 1.17. The smallest absolute Gasteiger partial charge is 0.409 e. The molecule has 1 saturated carbocycles. The van der Waals surface area contributed by atoms with Crippen LogP contribution in [0.5, 0.6) is 5.75 Å². The van der Waals surface area contributed by atoms with Gasteiger partial charge < -0.3 is 43.7 Å². The van der Waals surface area contributed by atoms with Gasteiger partial charge >= 0.3 is 18.0 Å². The van der Waals surface area contributed by atoms with Crippen LogP contribution in [0.4, 0.5) is 10.5 Å². The van der Waals surface area contributed by atoms with Crippen molar-refractivity contribution >= 4 is 70.7 Å². The number of alkyl carbamates (subject to hydrolysis) is 1. The summed E-state index contributed by atoms with van der Waals surface area (Å²) >= 11 is 8.01. The van der Waals surface area contributed by atoms with E-state index in [1.54, 1.807) is 52.1 Å². The number of aliphatic carboxylic acids is 1. The van der Waals surface area contributed by atoms with Crippen molar-refractivity contribution in [1.82, 2.24) is 15.1 Å². The topological polar surface area (TPSA) is 231 Å². The van der Waals surface area contributed by atoms with Crippen LogP contribution in [0.2, 0.25) is 5.02 Å². The van der Waals surface area contributed by atoms with Crippen LogP contribution in [0, 0.1) is 17.8 Å². The Labute approximate surface area is 406 Å². The number of nitrogens with one attached hydrogen (secondary N) is 1. The van der Waals surface area contributed by atoms with Crippen molar-refractivity contribution < 1.29 is 67.5 Å². The quantitative estimate of drug-likeness (QED) is 0.141. The third-order valence-corrected chi connectivity index (χ3v) is 16.1. The molecule has 9 atom stereocenters. The molecule has 68 heavy (non-hydrogen) atoms. The van der Waals surface area contributed by atoms with Gasteiger partial charge in [0.05, 0.1) is 37.7 Å². The molecule has 4 aliphatic heterocycles. The van der Waals surface area contributed by atoms with Crippen molar-refractivity contribution in [1.29, 1.82) is 0 Å². The SMILES string of the molecule is COc1cc2cc(c1Cl)N(C)C(=O)C[C@H](OC(=O)[C@H](C)N(C)C(=O)CCS[C@@]1(C)CC(=O)N(CC3CCC(C(=O)O)CC3)C1=O)[C@]1(C)O[C@H]1[C@H](C)[C@@H]1C[C@@](O)(NC(=O)O1)[C@H](OC)/C=C/C=C(\C)C2. The molecule has 20 heteroatoms. The number of epoxide rings is 1. The summed E-state index contributed by atoms with van der Waals surface area (Å²) in [4.78, 5) is 96.9. The number of carbonyl (C=O) groups excluding carboxylic acids is 6. The summed E-state index contributed by atoms with van der Waals surface area (Å²) in [6.45, 7) is 8.77. The first-order valence-electron chi connectivity index (χ1n) is 23.0. The van der Waals surface area contributed by atoms with Crippen LogP contribution in [0.3, 0.4) is 0 Å². The van der Waals surface area contributed by atoms with Crippen LogP contribution < -0.4 is 15.0 Å². The number of benzene rings is 1. The zero-order valence-corrected chi connectivity index (χ0v) is 41.8. The van der Waals surface area contributed by atoms with Crippen LogP contribution in [0.1, 0.15) is 91.5 Å². The number of aliphatic hydroxyl groups is 1. The van der Waals surface area contributed by atoms with Crippen LogP contribution in [0.25, 0.3) is 0 Å². The number of carboxylic acid groups (broad SMARTS) is 1. The van der Waals surface area contributed by atoms with Crippen molar-refractivity contribution in [3.8, 4) is 5.75 Å². The van der Waals surface area contributed by atoms with Crippen molar-refractivity contribution in [3.05, 3.63) is 46.5 Å². The highest BCUT2D eigenvalue weighted by atomic mass is 35.5. The lowest BCUT2D eigenvalue weighted by atomic mass is 9.82. The average molecular weight is 990 g/mol. The number of thioether (sulfide) groups is 1. The first kappa shape index (κ1) is 52.7. The minimum Gasteiger partial charge on any atom is -0.495 e. The van der Waals surface area contributed by atoms with Crippen molar-refractivity contribution in [3.63, 3.8) is 0 Å². The minimum atomic E-state index is -1.88. The number of hydrogen-bond acceptors (Lipinski definition) is 14. The molecule has 0 aromatic heterocycles. The number of hydrogen-bond donors (Lipinski definition) is 3. The van der Waals surface area contributed by atoms with Gasteiger partial charge in [-0.05, 0) is 83.4 Å². The van der Waals surface area contributed by atoms with Gasteiger partial charge in [0.2, 0.25) is 23.6 Å². The molecule has 5 amide bonds. The first-order valence-corrected chi connectivity index (χ1v) is 24.4. The third-order valence-electron chi connectivity index (χ3n) is 14.4. The van der Waals surface area contributed by atoms with E-state index in [1.165, 1.54) is 54.7 Å². The molecule has 3 saturated heterocycles. The van der Waals surface area contributed by atoms with Crippen LogP contribution in [-0.2, 0) is 54.1 Å². The molecule has 0 spiro atoms. The van der Waals surface area contributed by atoms with E-state index in [-0.39, 0.29) is 60.7 Å². The van der Waals surface area contributed by atoms with Gasteiger partial charge in [0.1, 0.15) is 45.5 Å². The molecule has 3 N–H and O–H groups in total. The van der Waals surface area contributed by atoms with Gasteiger partial charge in [-0.25, -0.2) is 9.59 Å². The molecule has 6 rings (SSSR count). The second-order valence-electron chi connectivity index (χ2n) is 19.3. The van der Waals surface area contributed by atoms with E-state index >= 15 is 0 Å². The normalized spacial score (nSPS) is 33.9. The van der Waals surface area contributed by atoms with E-state index in [2.05, 4.69) is 5.32 Å². The summed E-state index contributed by atoms with van der Waals surface area (Å²) in [6, 6.07) is 2.39. The van der Waals surface area contributed by atoms with Gasteiger partial charge in [-0.3, -0.25) is 34.2 Å². The number of rotatable bonds is 12. The second kappa shape index (κ2) is 21.1. The number of amides is 5. The number of carbonyl (C=O) groups is 7. The highest BCUT2D eigenvalue weighted by Crippen LogP contribution is 2.49. The molecule has 0 unspecified atom stereocenters. The first-order chi connectivity index (χ1) is 31.9. The number of fused-ring (bicyclic) bond motifs is 5. The third kappa shape index (κ3) is 11.3. The molecule has 0 radical (unpaired) electrons. The standard InChI is InChI=1S/C48H65ClN4O14S/c1-26-11-10-12-35(64-9)48(62)23-34(65-45(61)50-48)27(2)41-47(5,67-41)36(22-38(55)52(7)32-20-30(19-26)21-33(63-8)40(32)49)66-43(59)28(3)51(6)37(54)17-18-68-46(4)24-39(56)53(44(46)60)25-29-13-15-31(16-14-29)42(57)58/h10-12,20-21,27-29,31,34-36,41,62H,13-19,22-25H2,1-9H3,(H,50,61)(H,57,58)/b12-10+,26-11+/t27-,28+,29?,31?,34+,35-,36+,41+,46+,47+,48+/m1/s1. The average Bonchev–Trinajstić information content (AvgIpc) is 3.94. The Morgan fingerprint density at radius 1 is 1.09 bits per heavy atom. The summed E-state index contributed by atoms with van der Waals surface area (Å²) in [5.74, 6) is -3.67. The summed E-state index contributed by atoms with van der Waals surface area (Å²) in [5, 5.41) is 23.9. The summed E-state index contributed by atoms with van der Waals surface area (Å²) in [6.07, 6.45) is 2.54. The second-order valence-corrected chi connectivity index (χ2v) is 21.3. The lowest BCUT2D eigenvalue weighted by Gasteiger charge is -2.42. The Morgan fingerprint density at radius 3 is 2.43 bits per heavy atom. The molecular formula is C48H65ClN4O14S. The Hall–Kier alpha value is -4.69. The highest BCUT2D eigenvalue weighted by molar-refractivity contribution is 8.01. The predicted octanol–water partition coefficient (Wildman–Crippen LogP) is 5.05. The number of carboxylic acids is 1. The summed E-state index contributed by atoms with van der Waals surface area (Å²) < 4.78 is 28.3. The highest BCUT2D eigenvalue weighted by Gasteiger charge is 2.64. The van der Waals surface area contributed by atoms with Gasteiger partial charge in [0, 0.05) is 52.3 Å². The molecule has 4 bridgehead atoms. The molecule has 18 nitrogen and oxygen atoms in total. The zero-order chi connectivity index (χ0) is 50.0. The van der Waals surface area contributed by atoms with Gasteiger partial charge in [0.25, 0.3) is 0 Å². The molecular weight excluding hydrogens is 924 g/mol. The van der Waals surface area contributed by atoms with Gasteiger partial charge in [-0.2, -0.15) is 0 Å². The molecule has 1 aliphatic carbocycles. The molecule has 374 valence electrons. The molecule has 1 aromatic carbocycles. The Bertz CT molecular complexity index is 2220. The van der Waals surface area contributed by atoms with E-state index in [4.69, 9.17) is 35.3 Å². The molecule has 5 aliphatic rings. The van der Waals surface area contributed by atoms with E-state index in [0.29, 0.717) is 43.5 Å². The lowest BCUT2D eigenvalue weighted by Crippen LogP contribution is -2.63. The Morgan fingerprint density at radius 2 is 1.78 bits per heavy atom. The van der Waals surface area contributed by atoms with E-state index < -0.39 is 88.2 Å². The largest absolute Gasteiger partial charge is 0.495 e. The molecule has 1 aromatic rings. The number of imide groups is 1. The van der Waals surface area contributed by atoms with Gasteiger partial charge in [-0.1, -0.05) is 42.3 Å².